The Kier molecular flexibility index (Phi) is 4.48. The van der Waals surface area contributed by atoms with Crippen molar-refractivity contribution in [2.75, 3.05) is 25.4 Å². The molecule has 0 bridgehead atoms. The van der Waals surface area contributed by atoms with E-state index in [2.05, 4.69) is 28.5 Å². The van der Waals surface area contributed by atoms with E-state index in [-0.39, 0.29) is 0 Å². The lowest BCUT2D eigenvalue weighted by Crippen LogP contribution is -2.19. The summed E-state index contributed by atoms with van der Waals surface area (Å²) in [4.78, 5) is 14.9. The number of carbonyl (C=O) groups excluding carboxylic acids is 1. The summed E-state index contributed by atoms with van der Waals surface area (Å²) in [6, 6.07) is 10.1. The lowest BCUT2D eigenvalue weighted by atomic mass is 9.98. The number of nitrogens with two attached hydrogens (primary N) is 1. The number of rotatable bonds is 4. The molecule has 0 radical (unpaired) electrons. The second-order valence-electron chi connectivity index (χ2n) is 5.49. The molecule has 0 unspecified atom stereocenters. The number of carbonyl (C=O) groups is 1. The molecule has 0 spiro atoms. The van der Waals surface area contributed by atoms with Crippen LogP contribution in [0.15, 0.2) is 36.4 Å². The van der Waals surface area contributed by atoms with Crippen molar-refractivity contribution in [3.05, 3.63) is 47.7 Å². The number of nitrogen functional groups attached to an aromatic ring is 1. The maximum Gasteiger partial charge on any atom is 0.356 e. The number of anilines is 1. The van der Waals surface area contributed by atoms with E-state index in [1.54, 1.807) is 13.0 Å². The van der Waals surface area contributed by atoms with Gasteiger partial charge in [-0.15, -0.1) is 0 Å². The smallest absolute Gasteiger partial charge is 0.356 e. The van der Waals surface area contributed by atoms with Crippen LogP contribution in [-0.4, -0.2) is 30.6 Å². The van der Waals surface area contributed by atoms with E-state index >= 15 is 0 Å². The van der Waals surface area contributed by atoms with Crippen LogP contribution in [0.1, 0.15) is 29.4 Å². The molecule has 3 rings (SSSR count). The molecule has 1 aliphatic heterocycles. The Bertz CT molecular complexity index is 729. The molecule has 0 saturated carbocycles. The van der Waals surface area contributed by atoms with E-state index in [0.29, 0.717) is 18.0 Å². The monoisotopic (exact) mass is 311 g/mol. The molecule has 23 heavy (non-hydrogen) atoms. The third-order valence-electron chi connectivity index (χ3n) is 3.96. The topological polar surface area (TPSA) is 80.1 Å². The molecule has 0 aliphatic carbocycles. The van der Waals surface area contributed by atoms with Gasteiger partial charge in [-0.25, -0.2) is 4.79 Å². The molecule has 5 heteroatoms. The fourth-order valence-electron chi connectivity index (χ4n) is 2.75. The second kappa shape index (κ2) is 6.71. The average molecular weight is 311 g/mol. The Morgan fingerprint density at radius 3 is 2.65 bits per heavy atom. The van der Waals surface area contributed by atoms with E-state index in [1.807, 2.05) is 12.1 Å². The number of benzene rings is 1. The van der Waals surface area contributed by atoms with Gasteiger partial charge in [-0.2, -0.15) is 0 Å². The van der Waals surface area contributed by atoms with Gasteiger partial charge in [-0.3, -0.25) is 0 Å². The Labute approximate surface area is 135 Å². The summed E-state index contributed by atoms with van der Waals surface area (Å²) in [6.07, 6.45) is 3.27. The SMILES string of the molecule is CCOC(=O)c1[nH]c(-c2ccc(C3=CCNCC3)cc2)cc1N. The van der Waals surface area contributed by atoms with Crippen molar-refractivity contribution < 1.29 is 9.53 Å². The van der Waals surface area contributed by atoms with Crippen LogP contribution in [0.5, 0.6) is 0 Å². The van der Waals surface area contributed by atoms with Crippen LogP contribution < -0.4 is 11.1 Å². The summed E-state index contributed by atoms with van der Waals surface area (Å²) in [7, 11) is 0. The first-order chi connectivity index (χ1) is 11.2. The van der Waals surface area contributed by atoms with Crippen molar-refractivity contribution in [2.45, 2.75) is 13.3 Å². The lowest BCUT2D eigenvalue weighted by molar-refractivity contribution is 0.0521. The minimum Gasteiger partial charge on any atom is -0.461 e. The third kappa shape index (κ3) is 3.29. The molecule has 1 aliphatic rings. The van der Waals surface area contributed by atoms with Crippen LogP contribution in [0.2, 0.25) is 0 Å². The van der Waals surface area contributed by atoms with Gasteiger partial charge in [0.25, 0.3) is 0 Å². The van der Waals surface area contributed by atoms with Crippen molar-refractivity contribution in [3.63, 3.8) is 0 Å². The first-order valence-electron chi connectivity index (χ1n) is 7.85. The number of aromatic amines is 1. The Hall–Kier alpha value is -2.53. The maximum absolute atomic E-state index is 11.8. The second-order valence-corrected chi connectivity index (χ2v) is 5.49. The van der Waals surface area contributed by atoms with E-state index in [4.69, 9.17) is 10.5 Å². The first-order valence-corrected chi connectivity index (χ1v) is 7.85. The number of ether oxygens (including phenoxy) is 1. The number of nitrogens with one attached hydrogen (secondary N) is 2. The van der Waals surface area contributed by atoms with Gasteiger partial charge in [0, 0.05) is 12.2 Å². The molecular formula is C18H21N3O2. The molecule has 1 aromatic heterocycles. The van der Waals surface area contributed by atoms with Gasteiger partial charge in [0.05, 0.1) is 12.3 Å². The molecule has 5 nitrogen and oxygen atoms in total. The van der Waals surface area contributed by atoms with Gasteiger partial charge in [0.2, 0.25) is 0 Å². The van der Waals surface area contributed by atoms with Gasteiger partial charge < -0.3 is 20.8 Å². The van der Waals surface area contributed by atoms with Crippen molar-refractivity contribution in [1.29, 1.82) is 0 Å². The van der Waals surface area contributed by atoms with Crippen molar-refractivity contribution in [2.24, 2.45) is 0 Å². The maximum atomic E-state index is 11.8. The van der Waals surface area contributed by atoms with Gasteiger partial charge >= 0.3 is 5.97 Å². The Morgan fingerprint density at radius 1 is 1.26 bits per heavy atom. The van der Waals surface area contributed by atoms with Crippen LogP contribution in [0.3, 0.4) is 0 Å². The third-order valence-corrected chi connectivity index (χ3v) is 3.96. The summed E-state index contributed by atoms with van der Waals surface area (Å²) in [5, 5.41) is 3.31. The lowest BCUT2D eigenvalue weighted by Gasteiger charge is -2.14. The summed E-state index contributed by atoms with van der Waals surface area (Å²) in [5.74, 6) is -0.423. The number of H-pyrrole nitrogens is 1. The molecule has 0 fully saturated rings. The molecule has 2 aromatic rings. The molecule has 1 aromatic carbocycles. The van der Waals surface area contributed by atoms with E-state index in [9.17, 15) is 4.79 Å². The predicted molar refractivity (Wildman–Crippen MR) is 92.1 cm³/mol. The number of aromatic nitrogens is 1. The first kappa shape index (κ1) is 15.4. The van der Waals surface area contributed by atoms with Crippen LogP contribution in [0.4, 0.5) is 5.69 Å². The molecule has 2 heterocycles. The van der Waals surface area contributed by atoms with Crippen LogP contribution >= 0.6 is 0 Å². The average Bonchev–Trinajstić information content (AvgIpc) is 2.98. The standard InChI is InChI=1S/C18H21N3O2/c1-2-23-18(22)17-15(19)11-16(21-17)14-5-3-12(4-6-14)13-7-9-20-10-8-13/h3-7,11,20-21H,2,8-10,19H2,1H3. The Balaban J connectivity index is 1.83. The van der Waals surface area contributed by atoms with Crippen LogP contribution in [0, 0.1) is 0 Å². The van der Waals surface area contributed by atoms with Gasteiger partial charge in [-0.1, -0.05) is 30.3 Å². The van der Waals surface area contributed by atoms with Crippen molar-refractivity contribution in [3.8, 4) is 11.3 Å². The fraction of sp³-hybridized carbons (Fsp3) is 0.278. The van der Waals surface area contributed by atoms with E-state index < -0.39 is 5.97 Å². The number of hydrogen-bond acceptors (Lipinski definition) is 4. The highest BCUT2D eigenvalue weighted by Crippen LogP contribution is 2.27. The zero-order valence-electron chi connectivity index (χ0n) is 13.2. The van der Waals surface area contributed by atoms with Crippen molar-refractivity contribution >= 4 is 17.2 Å². The minimum absolute atomic E-state index is 0.312. The molecule has 120 valence electrons. The minimum atomic E-state index is -0.423. The fourth-order valence-corrected chi connectivity index (χ4v) is 2.75. The normalized spacial score (nSPS) is 14.4. The van der Waals surface area contributed by atoms with Gasteiger partial charge in [-0.05, 0) is 42.7 Å². The summed E-state index contributed by atoms with van der Waals surface area (Å²) >= 11 is 0. The van der Waals surface area contributed by atoms with Gasteiger partial charge in [0.15, 0.2) is 0 Å². The number of hydrogen-bond donors (Lipinski definition) is 3. The summed E-state index contributed by atoms with van der Waals surface area (Å²) in [6.45, 7) is 4.04. The van der Waals surface area contributed by atoms with Gasteiger partial charge in [0.1, 0.15) is 5.69 Å². The number of esters is 1. The molecule has 0 saturated heterocycles. The zero-order chi connectivity index (χ0) is 16.2. The highest BCUT2D eigenvalue weighted by molar-refractivity contribution is 5.95. The quantitative estimate of drug-likeness (QED) is 0.759. The van der Waals surface area contributed by atoms with Crippen LogP contribution in [-0.2, 0) is 4.74 Å². The molecular weight excluding hydrogens is 290 g/mol. The predicted octanol–water partition coefficient (Wildman–Crippen LogP) is 2.82. The molecule has 0 amide bonds. The summed E-state index contributed by atoms with van der Waals surface area (Å²) < 4.78 is 4.99. The highest BCUT2D eigenvalue weighted by Gasteiger charge is 2.15. The molecule has 4 N–H and O–H groups in total. The molecule has 0 atom stereocenters. The zero-order valence-corrected chi connectivity index (χ0v) is 13.2. The van der Waals surface area contributed by atoms with Crippen LogP contribution in [0.25, 0.3) is 16.8 Å². The Morgan fingerprint density at radius 2 is 2.00 bits per heavy atom. The van der Waals surface area contributed by atoms with Crippen molar-refractivity contribution in [1.82, 2.24) is 10.3 Å². The highest BCUT2D eigenvalue weighted by atomic mass is 16.5. The van der Waals surface area contributed by atoms with E-state index in [1.165, 1.54) is 11.1 Å². The summed E-state index contributed by atoms with van der Waals surface area (Å²) in [5.41, 5.74) is 11.0. The van der Waals surface area contributed by atoms with E-state index in [0.717, 1.165) is 30.8 Å². The largest absolute Gasteiger partial charge is 0.461 e.